The summed E-state index contributed by atoms with van der Waals surface area (Å²) in [4.78, 5) is 25.0. The van der Waals surface area contributed by atoms with E-state index >= 15 is 0 Å². The molecule has 0 spiro atoms. The van der Waals surface area contributed by atoms with E-state index in [1.807, 2.05) is 11.8 Å². The maximum Gasteiger partial charge on any atom is 0.303 e. The van der Waals surface area contributed by atoms with Crippen LogP contribution in [0, 0.1) is 0 Å². The molecule has 6 nitrogen and oxygen atoms in total. The van der Waals surface area contributed by atoms with Gasteiger partial charge in [-0.3, -0.25) is 14.3 Å². The molecule has 0 radical (unpaired) electrons. The Labute approximate surface area is 118 Å². The van der Waals surface area contributed by atoms with Crippen molar-refractivity contribution in [2.75, 3.05) is 6.54 Å². The first-order valence-corrected chi connectivity index (χ1v) is 7.17. The lowest BCUT2D eigenvalue weighted by molar-refractivity contribution is -0.137. The molecule has 6 heteroatoms. The van der Waals surface area contributed by atoms with Crippen molar-refractivity contribution >= 4 is 11.9 Å². The Morgan fingerprint density at radius 2 is 2.25 bits per heavy atom. The van der Waals surface area contributed by atoms with Crippen LogP contribution in [0.4, 0.5) is 0 Å². The number of hydrogen-bond donors (Lipinski definition) is 1. The molecule has 1 aliphatic heterocycles. The van der Waals surface area contributed by atoms with Crippen molar-refractivity contribution in [3.63, 3.8) is 0 Å². The van der Waals surface area contributed by atoms with Crippen LogP contribution in [-0.2, 0) is 11.3 Å². The van der Waals surface area contributed by atoms with Crippen molar-refractivity contribution < 1.29 is 14.7 Å². The molecule has 1 unspecified atom stereocenters. The van der Waals surface area contributed by atoms with E-state index in [0.717, 1.165) is 25.8 Å². The first-order chi connectivity index (χ1) is 9.61. The van der Waals surface area contributed by atoms with Gasteiger partial charge >= 0.3 is 5.97 Å². The molecule has 1 aromatic rings. The minimum absolute atomic E-state index is 0.0280. The van der Waals surface area contributed by atoms with Gasteiger partial charge in [0.2, 0.25) is 0 Å². The summed E-state index contributed by atoms with van der Waals surface area (Å²) in [6.07, 6.45) is 6.92. The van der Waals surface area contributed by atoms with Crippen molar-refractivity contribution in [3.05, 3.63) is 18.0 Å². The van der Waals surface area contributed by atoms with Crippen LogP contribution >= 0.6 is 0 Å². The number of carboxylic acids is 1. The Kier molecular flexibility index (Phi) is 4.76. The highest BCUT2D eigenvalue weighted by Gasteiger charge is 2.28. The Balaban J connectivity index is 2.06. The van der Waals surface area contributed by atoms with Gasteiger partial charge in [0, 0.05) is 31.7 Å². The molecule has 1 aliphatic rings. The predicted molar refractivity (Wildman–Crippen MR) is 73.4 cm³/mol. The predicted octanol–water partition coefficient (Wildman–Crippen LogP) is 1.76. The third kappa shape index (κ3) is 3.37. The van der Waals surface area contributed by atoms with Crippen molar-refractivity contribution in [2.24, 2.45) is 0 Å². The van der Waals surface area contributed by atoms with E-state index in [4.69, 9.17) is 5.11 Å². The summed E-state index contributed by atoms with van der Waals surface area (Å²) in [7, 11) is 0. The van der Waals surface area contributed by atoms with Crippen LogP contribution < -0.4 is 0 Å². The minimum atomic E-state index is -0.804. The maximum atomic E-state index is 12.5. The summed E-state index contributed by atoms with van der Waals surface area (Å²) in [5.74, 6) is -0.832. The van der Waals surface area contributed by atoms with Crippen LogP contribution in [0.25, 0.3) is 0 Å². The van der Waals surface area contributed by atoms with Gasteiger partial charge in [-0.15, -0.1) is 0 Å². The Bertz CT molecular complexity index is 484. The standard InChI is InChI=1S/C14H21N3O3/c1-2-16-10-11(9-15-16)14(20)17-8-4-3-5-12(17)6-7-13(18)19/h9-10,12H,2-8H2,1H3,(H,18,19). The monoisotopic (exact) mass is 279 g/mol. The zero-order chi connectivity index (χ0) is 14.5. The highest BCUT2D eigenvalue weighted by atomic mass is 16.4. The van der Waals surface area contributed by atoms with E-state index in [1.54, 1.807) is 17.1 Å². The molecule has 1 N–H and O–H groups in total. The fourth-order valence-corrected chi connectivity index (χ4v) is 2.67. The molecule has 0 bridgehead atoms. The number of nitrogens with zero attached hydrogens (tertiary/aromatic N) is 3. The number of amides is 1. The van der Waals surface area contributed by atoms with Gasteiger partial charge in [-0.1, -0.05) is 0 Å². The van der Waals surface area contributed by atoms with Crippen LogP contribution in [0.1, 0.15) is 49.4 Å². The lowest BCUT2D eigenvalue weighted by Gasteiger charge is -2.35. The molecule has 0 aliphatic carbocycles. The van der Waals surface area contributed by atoms with Gasteiger partial charge in [-0.05, 0) is 32.6 Å². The van der Waals surface area contributed by atoms with Gasteiger partial charge in [0.15, 0.2) is 0 Å². The molecular formula is C14H21N3O3. The van der Waals surface area contributed by atoms with Crippen molar-refractivity contribution in [1.29, 1.82) is 0 Å². The second kappa shape index (κ2) is 6.54. The number of carboxylic acid groups (broad SMARTS) is 1. The third-order valence-corrected chi connectivity index (χ3v) is 3.78. The number of hydrogen-bond acceptors (Lipinski definition) is 3. The van der Waals surface area contributed by atoms with E-state index in [0.29, 0.717) is 18.5 Å². The Morgan fingerprint density at radius 1 is 1.45 bits per heavy atom. The van der Waals surface area contributed by atoms with E-state index in [2.05, 4.69) is 5.10 Å². The molecular weight excluding hydrogens is 258 g/mol. The molecule has 0 saturated carbocycles. The average Bonchev–Trinajstić information content (AvgIpc) is 2.93. The first-order valence-electron chi connectivity index (χ1n) is 7.17. The number of piperidine rings is 1. The van der Waals surface area contributed by atoms with Crippen LogP contribution in [0.5, 0.6) is 0 Å². The average molecular weight is 279 g/mol. The van der Waals surface area contributed by atoms with Crippen molar-refractivity contribution in [2.45, 2.75) is 51.6 Å². The van der Waals surface area contributed by atoms with Crippen LogP contribution in [-0.4, -0.2) is 44.3 Å². The third-order valence-electron chi connectivity index (χ3n) is 3.78. The summed E-state index contributed by atoms with van der Waals surface area (Å²) in [6.45, 7) is 3.41. The van der Waals surface area contributed by atoms with Gasteiger partial charge in [0.1, 0.15) is 0 Å². The lowest BCUT2D eigenvalue weighted by atomic mass is 9.97. The number of aryl methyl sites for hydroxylation is 1. The minimum Gasteiger partial charge on any atom is -0.481 e. The lowest BCUT2D eigenvalue weighted by Crippen LogP contribution is -2.43. The van der Waals surface area contributed by atoms with Crippen molar-refractivity contribution in [1.82, 2.24) is 14.7 Å². The number of aromatic nitrogens is 2. The van der Waals surface area contributed by atoms with Gasteiger partial charge in [-0.2, -0.15) is 5.10 Å². The van der Waals surface area contributed by atoms with Gasteiger partial charge in [0.05, 0.1) is 11.8 Å². The quantitative estimate of drug-likeness (QED) is 0.891. The molecule has 1 fully saturated rings. The Morgan fingerprint density at radius 3 is 2.90 bits per heavy atom. The summed E-state index contributed by atoms with van der Waals surface area (Å²) in [5, 5.41) is 12.9. The summed E-state index contributed by atoms with van der Waals surface area (Å²) in [6, 6.07) is 0.0392. The van der Waals surface area contributed by atoms with Crippen LogP contribution in [0.2, 0.25) is 0 Å². The molecule has 1 saturated heterocycles. The molecule has 110 valence electrons. The second-order valence-electron chi connectivity index (χ2n) is 5.17. The SMILES string of the molecule is CCn1cc(C(=O)N2CCCCC2CCC(=O)O)cn1. The summed E-state index contributed by atoms with van der Waals surface area (Å²) >= 11 is 0. The van der Waals surface area contributed by atoms with Gasteiger partial charge in [0.25, 0.3) is 5.91 Å². The fraction of sp³-hybridized carbons (Fsp3) is 0.643. The summed E-state index contributed by atoms with van der Waals surface area (Å²) in [5.41, 5.74) is 0.592. The van der Waals surface area contributed by atoms with E-state index in [9.17, 15) is 9.59 Å². The van der Waals surface area contributed by atoms with Gasteiger partial charge < -0.3 is 10.0 Å². The molecule has 20 heavy (non-hydrogen) atoms. The zero-order valence-corrected chi connectivity index (χ0v) is 11.8. The zero-order valence-electron chi connectivity index (χ0n) is 11.8. The number of carbonyl (C=O) groups is 2. The normalized spacial score (nSPS) is 19.1. The largest absolute Gasteiger partial charge is 0.481 e. The molecule has 0 aromatic carbocycles. The van der Waals surface area contributed by atoms with E-state index in [1.165, 1.54) is 0 Å². The fourth-order valence-electron chi connectivity index (χ4n) is 2.67. The van der Waals surface area contributed by atoms with Crippen LogP contribution in [0.15, 0.2) is 12.4 Å². The molecule has 1 atom stereocenters. The molecule has 1 amide bonds. The summed E-state index contributed by atoms with van der Waals surface area (Å²) < 4.78 is 1.73. The van der Waals surface area contributed by atoms with E-state index < -0.39 is 5.97 Å². The number of carbonyl (C=O) groups excluding carboxylic acids is 1. The Hall–Kier alpha value is -1.85. The highest BCUT2D eigenvalue weighted by Crippen LogP contribution is 2.23. The van der Waals surface area contributed by atoms with Crippen LogP contribution in [0.3, 0.4) is 0 Å². The van der Waals surface area contributed by atoms with E-state index in [-0.39, 0.29) is 18.4 Å². The second-order valence-corrected chi connectivity index (χ2v) is 5.17. The first kappa shape index (κ1) is 14.6. The number of rotatable bonds is 5. The highest BCUT2D eigenvalue weighted by molar-refractivity contribution is 5.94. The number of aliphatic carboxylic acids is 1. The van der Waals surface area contributed by atoms with Crippen molar-refractivity contribution in [3.8, 4) is 0 Å². The molecule has 1 aromatic heterocycles. The maximum absolute atomic E-state index is 12.5. The molecule has 2 rings (SSSR count). The van der Waals surface area contributed by atoms with Gasteiger partial charge in [-0.25, -0.2) is 0 Å². The smallest absolute Gasteiger partial charge is 0.303 e. The topological polar surface area (TPSA) is 75.4 Å². The number of likely N-dealkylation sites (tertiary alicyclic amines) is 1. The molecule has 2 heterocycles.